The Bertz CT molecular complexity index is 638. The first-order valence-electron chi connectivity index (χ1n) is 4.52. The van der Waals surface area contributed by atoms with Gasteiger partial charge in [0.25, 0.3) is 0 Å². The molecule has 6 heteroatoms. The second-order valence-corrected chi connectivity index (χ2v) is 4.45. The lowest BCUT2D eigenvalue weighted by molar-refractivity contribution is 1.20. The summed E-state index contributed by atoms with van der Waals surface area (Å²) in [5.74, 6) is 0. The molecule has 3 heterocycles. The monoisotopic (exact) mass is 248 g/mol. The summed E-state index contributed by atoms with van der Waals surface area (Å²) in [6.45, 7) is 0. The molecular formula is C10H5ClN4S. The van der Waals surface area contributed by atoms with Gasteiger partial charge >= 0.3 is 0 Å². The predicted octanol–water partition coefficient (Wildman–Crippen LogP) is 2.80. The molecule has 0 aliphatic rings. The van der Waals surface area contributed by atoms with Crippen molar-refractivity contribution in [3.8, 4) is 10.7 Å². The van der Waals surface area contributed by atoms with Crippen LogP contribution in [-0.4, -0.2) is 19.9 Å². The summed E-state index contributed by atoms with van der Waals surface area (Å²) in [5.41, 5.74) is 1.47. The summed E-state index contributed by atoms with van der Waals surface area (Å²) < 4.78 is 1.00. The van der Waals surface area contributed by atoms with Crippen LogP contribution < -0.4 is 0 Å². The molecule has 0 spiro atoms. The lowest BCUT2D eigenvalue weighted by atomic mass is 10.4. The molecule has 0 aliphatic carbocycles. The summed E-state index contributed by atoms with van der Waals surface area (Å²) in [4.78, 5) is 16.6. The Kier molecular flexibility index (Phi) is 2.27. The second-order valence-electron chi connectivity index (χ2n) is 3.06. The zero-order valence-electron chi connectivity index (χ0n) is 7.96. The van der Waals surface area contributed by atoms with Gasteiger partial charge in [-0.25, -0.2) is 9.97 Å². The number of halogens is 1. The molecule has 0 saturated carbocycles. The molecule has 0 N–H and O–H groups in total. The van der Waals surface area contributed by atoms with Gasteiger partial charge in [0.2, 0.25) is 0 Å². The van der Waals surface area contributed by atoms with E-state index in [2.05, 4.69) is 19.9 Å². The number of hydrogen-bond donors (Lipinski definition) is 0. The third-order valence-electron chi connectivity index (χ3n) is 2.04. The molecule has 0 aliphatic heterocycles. The van der Waals surface area contributed by atoms with E-state index in [-0.39, 0.29) is 0 Å². The van der Waals surface area contributed by atoms with E-state index < -0.39 is 0 Å². The minimum atomic E-state index is 0.420. The van der Waals surface area contributed by atoms with Crippen LogP contribution in [0.5, 0.6) is 0 Å². The third-order valence-corrected chi connectivity index (χ3v) is 3.36. The number of aromatic nitrogens is 4. The van der Waals surface area contributed by atoms with Crippen molar-refractivity contribution in [3.05, 3.63) is 36.0 Å². The molecule has 3 rings (SSSR count). The van der Waals surface area contributed by atoms with Gasteiger partial charge in [-0.1, -0.05) is 11.6 Å². The first-order chi connectivity index (χ1) is 7.84. The first-order valence-corrected chi connectivity index (χ1v) is 5.71. The van der Waals surface area contributed by atoms with Gasteiger partial charge in [0, 0.05) is 18.6 Å². The van der Waals surface area contributed by atoms with Crippen molar-refractivity contribution in [2.75, 3.05) is 0 Å². The maximum atomic E-state index is 5.95. The van der Waals surface area contributed by atoms with Gasteiger partial charge in [0.1, 0.15) is 16.2 Å². The summed E-state index contributed by atoms with van der Waals surface area (Å²) in [5, 5.41) is 1.22. The highest BCUT2D eigenvalue weighted by molar-refractivity contribution is 7.21. The van der Waals surface area contributed by atoms with Crippen molar-refractivity contribution >= 4 is 33.2 Å². The average molecular weight is 249 g/mol. The van der Waals surface area contributed by atoms with Gasteiger partial charge < -0.3 is 0 Å². The van der Waals surface area contributed by atoms with Crippen LogP contribution in [0.15, 0.2) is 30.9 Å². The molecule has 3 aromatic rings. The highest BCUT2D eigenvalue weighted by Crippen LogP contribution is 2.30. The summed E-state index contributed by atoms with van der Waals surface area (Å²) in [7, 11) is 0. The zero-order valence-corrected chi connectivity index (χ0v) is 9.53. The molecule has 0 bridgehead atoms. The molecule has 0 radical (unpaired) electrons. The van der Waals surface area contributed by atoms with Crippen molar-refractivity contribution < 1.29 is 0 Å². The summed E-state index contributed by atoms with van der Waals surface area (Å²) >= 11 is 7.48. The number of rotatable bonds is 1. The van der Waals surface area contributed by atoms with E-state index in [0.29, 0.717) is 5.15 Å². The van der Waals surface area contributed by atoms with E-state index >= 15 is 0 Å². The molecule has 0 amide bonds. The number of hydrogen-bond acceptors (Lipinski definition) is 5. The molecule has 78 valence electrons. The molecule has 0 atom stereocenters. The van der Waals surface area contributed by atoms with Gasteiger partial charge in [0.05, 0.1) is 10.9 Å². The van der Waals surface area contributed by atoms with Crippen LogP contribution in [0.4, 0.5) is 0 Å². The van der Waals surface area contributed by atoms with E-state index in [1.807, 2.05) is 6.07 Å². The van der Waals surface area contributed by atoms with Gasteiger partial charge in [-0.3, -0.25) is 9.97 Å². The summed E-state index contributed by atoms with van der Waals surface area (Å²) in [6.07, 6.45) is 6.62. The van der Waals surface area contributed by atoms with E-state index in [9.17, 15) is 0 Å². The maximum Gasteiger partial charge on any atom is 0.156 e. The van der Waals surface area contributed by atoms with Crippen LogP contribution in [0.1, 0.15) is 0 Å². The van der Waals surface area contributed by atoms with E-state index in [1.54, 1.807) is 24.8 Å². The fourth-order valence-corrected chi connectivity index (χ4v) is 2.52. The van der Waals surface area contributed by atoms with Crippen molar-refractivity contribution in [1.29, 1.82) is 0 Å². The quantitative estimate of drug-likeness (QED) is 0.622. The molecule has 0 aromatic carbocycles. The van der Waals surface area contributed by atoms with E-state index in [1.165, 1.54) is 11.3 Å². The van der Waals surface area contributed by atoms with Crippen molar-refractivity contribution in [1.82, 2.24) is 19.9 Å². The lowest BCUT2D eigenvalue weighted by Crippen LogP contribution is -1.82. The van der Waals surface area contributed by atoms with Crippen LogP contribution in [-0.2, 0) is 0 Å². The number of fused-ring (bicyclic) bond motifs is 1. The van der Waals surface area contributed by atoms with Crippen LogP contribution in [0, 0.1) is 0 Å². The molecular weight excluding hydrogens is 244 g/mol. The SMILES string of the molecule is Clc1nccc2sc(-c3cnccn3)nc12. The fourth-order valence-electron chi connectivity index (χ4n) is 1.34. The summed E-state index contributed by atoms with van der Waals surface area (Å²) in [6, 6.07) is 1.89. The molecule has 0 saturated heterocycles. The Labute approximate surface area is 100.0 Å². The standard InChI is InChI=1S/C10H5ClN4S/c11-9-8-7(1-2-14-9)16-10(15-8)6-5-12-3-4-13-6/h1-5H. The zero-order chi connectivity index (χ0) is 11.0. The smallest absolute Gasteiger partial charge is 0.156 e. The largest absolute Gasteiger partial charge is 0.261 e. The lowest BCUT2D eigenvalue weighted by Gasteiger charge is -1.90. The van der Waals surface area contributed by atoms with Crippen molar-refractivity contribution in [3.63, 3.8) is 0 Å². The van der Waals surface area contributed by atoms with Gasteiger partial charge in [-0.05, 0) is 6.07 Å². The average Bonchev–Trinajstić information content (AvgIpc) is 2.76. The minimum Gasteiger partial charge on any atom is -0.261 e. The van der Waals surface area contributed by atoms with Crippen LogP contribution in [0.3, 0.4) is 0 Å². The van der Waals surface area contributed by atoms with E-state index in [4.69, 9.17) is 11.6 Å². The highest BCUT2D eigenvalue weighted by atomic mass is 35.5. The van der Waals surface area contributed by atoms with Gasteiger partial charge in [0.15, 0.2) is 5.15 Å². The van der Waals surface area contributed by atoms with Gasteiger partial charge in [-0.2, -0.15) is 0 Å². The Hall–Kier alpha value is -1.59. The maximum absolute atomic E-state index is 5.95. The van der Waals surface area contributed by atoms with Gasteiger partial charge in [-0.15, -0.1) is 11.3 Å². The topological polar surface area (TPSA) is 51.6 Å². The Balaban J connectivity index is 2.23. The molecule has 0 unspecified atom stereocenters. The van der Waals surface area contributed by atoms with Crippen LogP contribution >= 0.6 is 22.9 Å². The second kappa shape index (κ2) is 3.77. The first kappa shape index (κ1) is 9.62. The Morgan fingerprint density at radius 2 is 2.06 bits per heavy atom. The minimum absolute atomic E-state index is 0.420. The number of pyridine rings is 1. The third kappa shape index (κ3) is 1.54. The highest BCUT2D eigenvalue weighted by Gasteiger charge is 2.09. The van der Waals surface area contributed by atoms with Crippen LogP contribution in [0.25, 0.3) is 20.9 Å². The predicted molar refractivity (Wildman–Crippen MR) is 63.5 cm³/mol. The molecule has 3 aromatic heterocycles. The Morgan fingerprint density at radius 3 is 2.81 bits per heavy atom. The van der Waals surface area contributed by atoms with E-state index in [0.717, 1.165) is 20.9 Å². The fraction of sp³-hybridized carbons (Fsp3) is 0. The van der Waals surface area contributed by atoms with Crippen molar-refractivity contribution in [2.45, 2.75) is 0 Å². The van der Waals surface area contributed by atoms with Crippen LogP contribution in [0.2, 0.25) is 5.15 Å². The Morgan fingerprint density at radius 1 is 1.12 bits per heavy atom. The normalized spacial score (nSPS) is 10.8. The molecule has 0 fully saturated rings. The molecule has 16 heavy (non-hydrogen) atoms. The number of nitrogens with zero attached hydrogens (tertiary/aromatic N) is 4. The number of thiazole rings is 1. The van der Waals surface area contributed by atoms with Crippen molar-refractivity contribution in [2.24, 2.45) is 0 Å². The molecule has 4 nitrogen and oxygen atoms in total.